The molecule has 0 atom stereocenters. The largest absolute Gasteiger partial charge is 0.333 e. The van der Waals surface area contributed by atoms with Crippen LogP contribution in [0, 0.1) is 17.6 Å². The van der Waals surface area contributed by atoms with E-state index in [1.54, 1.807) is 22.8 Å². The van der Waals surface area contributed by atoms with Gasteiger partial charge in [-0.15, -0.1) is 0 Å². The summed E-state index contributed by atoms with van der Waals surface area (Å²) in [7, 11) is 0. The van der Waals surface area contributed by atoms with Crippen LogP contribution >= 0.6 is 11.6 Å². The highest BCUT2D eigenvalue weighted by Gasteiger charge is 2.26. The number of benzene rings is 2. The predicted molar refractivity (Wildman–Crippen MR) is 133 cm³/mol. The molecular formula is C27H22ClF3N4O. The molecular weight excluding hydrogens is 489 g/mol. The number of halogens is 4. The molecule has 0 spiro atoms. The average molecular weight is 511 g/mol. The number of nitrogens with zero attached hydrogens (tertiary/aromatic N) is 3. The molecule has 9 heteroatoms. The van der Waals surface area contributed by atoms with Crippen molar-refractivity contribution in [2.75, 3.05) is 13.1 Å². The summed E-state index contributed by atoms with van der Waals surface area (Å²) in [5.41, 5.74) is 3.58. The summed E-state index contributed by atoms with van der Waals surface area (Å²) in [4.78, 5) is 18.9. The SMILES string of the molecule is O=C(NCc1ccnc(F)c1)n1c2c(c3cc(Cl)ccc31)CN(CC=Cc1ccc(F)cc1F)CC2. The van der Waals surface area contributed by atoms with Crippen molar-refractivity contribution in [3.63, 3.8) is 0 Å². The topological polar surface area (TPSA) is 50.2 Å². The highest BCUT2D eigenvalue weighted by atomic mass is 35.5. The van der Waals surface area contributed by atoms with Crippen molar-refractivity contribution in [1.29, 1.82) is 0 Å². The van der Waals surface area contributed by atoms with E-state index in [1.807, 2.05) is 18.2 Å². The molecule has 184 valence electrons. The Balaban J connectivity index is 1.37. The van der Waals surface area contributed by atoms with E-state index in [2.05, 4.69) is 15.2 Å². The van der Waals surface area contributed by atoms with Crippen molar-refractivity contribution >= 4 is 34.6 Å². The van der Waals surface area contributed by atoms with Gasteiger partial charge in [0, 0.05) is 66.5 Å². The first kappa shape index (κ1) is 24.1. The molecule has 0 bridgehead atoms. The van der Waals surface area contributed by atoms with Gasteiger partial charge in [0.2, 0.25) is 5.95 Å². The fourth-order valence-electron chi connectivity index (χ4n) is 4.55. The van der Waals surface area contributed by atoms with Crippen LogP contribution in [0.25, 0.3) is 17.0 Å². The summed E-state index contributed by atoms with van der Waals surface area (Å²) in [6, 6.07) is 11.5. The molecule has 0 saturated heterocycles. The zero-order valence-electron chi connectivity index (χ0n) is 19.1. The first-order chi connectivity index (χ1) is 17.4. The molecule has 0 aliphatic carbocycles. The summed E-state index contributed by atoms with van der Waals surface area (Å²) < 4.78 is 42.1. The Labute approximate surface area is 210 Å². The van der Waals surface area contributed by atoms with Crippen LogP contribution in [0.5, 0.6) is 0 Å². The molecule has 1 N–H and O–H groups in total. The Kier molecular flexibility index (Phi) is 6.80. The number of aromatic nitrogens is 2. The zero-order valence-corrected chi connectivity index (χ0v) is 19.9. The Morgan fingerprint density at radius 2 is 1.97 bits per heavy atom. The number of hydrogen-bond acceptors (Lipinski definition) is 3. The van der Waals surface area contributed by atoms with Crippen LogP contribution < -0.4 is 5.32 Å². The molecule has 5 rings (SSSR count). The standard InChI is InChI=1S/C27H22ClF3N4O/c28-19-4-6-24-21(13-19)22-16-34(10-1-2-18-3-5-20(29)14-23(18)30)11-8-25(22)35(24)27(36)33-15-17-7-9-32-26(31)12-17/h1-7,9,12-14H,8,10-11,15-16H2,(H,33,36). The number of pyridine rings is 1. The fraction of sp³-hybridized carbons (Fsp3) is 0.185. The normalized spacial score (nSPS) is 13.9. The van der Waals surface area contributed by atoms with Crippen molar-refractivity contribution in [2.45, 2.75) is 19.5 Å². The maximum absolute atomic E-state index is 13.9. The smallest absolute Gasteiger partial charge is 0.326 e. The van der Waals surface area contributed by atoms with E-state index in [0.717, 1.165) is 28.2 Å². The zero-order chi connectivity index (χ0) is 25.2. The van der Waals surface area contributed by atoms with E-state index in [0.29, 0.717) is 42.2 Å². The first-order valence-electron chi connectivity index (χ1n) is 11.4. The second-order valence-corrected chi connectivity index (χ2v) is 9.06. The summed E-state index contributed by atoms with van der Waals surface area (Å²) >= 11 is 6.28. The lowest BCUT2D eigenvalue weighted by Gasteiger charge is -2.27. The van der Waals surface area contributed by atoms with Crippen LogP contribution in [0.3, 0.4) is 0 Å². The number of hydrogen-bond donors (Lipinski definition) is 1. The number of fused-ring (bicyclic) bond motifs is 3. The van der Waals surface area contributed by atoms with Crippen LogP contribution in [0.4, 0.5) is 18.0 Å². The van der Waals surface area contributed by atoms with E-state index in [-0.39, 0.29) is 12.6 Å². The van der Waals surface area contributed by atoms with Crippen LogP contribution in [-0.4, -0.2) is 33.6 Å². The van der Waals surface area contributed by atoms with Gasteiger partial charge in [-0.05, 0) is 53.6 Å². The number of carbonyl (C=O) groups excluding carboxylic acids is 1. The summed E-state index contributed by atoms with van der Waals surface area (Å²) in [5, 5.41) is 4.33. The van der Waals surface area contributed by atoms with Gasteiger partial charge in [0.1, 0.15) is 11.6 Å². The molecule has 2 aromatic carbocycles. The molecule has 0 fully saturated rings. The fourth-order valence-corrected chi connectivity index (χ4v) is 4.72. The third kappa shape index (κ3) is 5.01. The van der Waals surface area contributed by atoms with E-state index in [1.165, 1.54) is 24.4 Å². The lowest BCUT2D eigenvalue weighted by molar-refractivity contribution is 0.240. The lowest BCUT2D eigenvalue weighted by atomic mass is 10.0. The van der Waals surface area contributed by atoms with Gasteiger partial charge in [-0.2, -0.15) is 4.39 Å². The minimum absolute atomic E-state index is 0.164. The van der Waals surface area contributed by atoms with Crippen molar-refractivity contribution in [1.82, 2.24) is 19.8 Å². The van der Waals surface area contributed by atoms with E-state index in [4.69, 9.17) is 11.6 Å². The highest BCUT2D eigenvalue weighted by molar-refractivity contribution is 6.31. The number of amides is 1. The summed E-state index contributed by atoms with van der Waals surface area (Å²) in [6.45, 7) is 1.99. The van der Waals surface area contributed by atoms with Gasteiger partial charge >= 0.3 is 6.03 Å². The minimum atomic E-state index is -0.611. The van der Waals surface area contributed by atoms with Crippen LogP contribution in [0.1, 0.15) is 22.4 Å². The van der Waals surface area contributed by atoms with Gasteiger partial charge in [-0.3, -0.25) is 9.47 Å². The predicted octanol–water partition coefficient (Wildman–Crippen LogP) is 5.94. The Hall–Kier alpha value is -3.62. The van der Waals surface area contributed by atoms with E-state index < -0.39 is 17.6 Å². The molecule has 4 aromatic rings. The maximum atomic E-state index is 13.9. The molecule has 5 nitrogen and oxygen atoms in total. The molecule has 0 radical (unpaired) electrons. The van der Waals surface area contributed by atoms with Gasteiger partial charge in [0.15, 0.2) is 0 Å². The number of rotatable bonds is 5. The second-order valence-electron chi connectivity index (χ2n) is 8.62. The summed E-state index contributed by atoms with van der Waals surface area (Å²) in [6.07, 6.45) is 5.46. The molecule has 3 heterocycles. The molecule has 36 heavy (non-hydrogen) atoms. The van der Waals surface area contributed by atoms with Gasteiger partial charge < -0.3 is 5.32 Å². The van der Waals surface area contributed by atoms with Crippen molar-refractivity contribution in [3.05, 3.63) is 106 Å². The molecule has 1 amide bonds. The Morgan fingerprint density at radius 3 is 2.78 bits per heavy atom. The van der Waals surface area contributed by atoms with Crippen molar-refractivity contribution in [3.8, 4) is 0 Å². The second kappa shape index (κ2) is 10.2. The monoisotopic (exact) mass is 510 g/mol. The van der Waals surface area contributed by atoms with E-state index >= 15 is 0 Å². The van der Waals surface area contributed by atoms with Crippen molar-refractivity contribution in [2.24, 2.45) is 0 Å². The molecule has 2 aromatic heterocycles. The van der Waals surface area contributed by atoms with Gasteiger partial charge in [0.05, 0.1) is 5.52 Å². The molecule has 1 aliphatic rings. The average Bonchev–Trinajstić information content (AvgIpc) is 3.17. The van der Waals surface area contributed by atoms with Gasteiger partial charge in [-0.25, -0.2) is 18.6 Å². The van der Waals surface area contributed by atoms with Gasteiger partial charge in [-0.1, -0.05) is 23.8 Å². The van der Waals surface area contributed by atoms with Gasteiger partial charge in [0.25, 0.3) is 0 Å². The minimum Gasteiger partial charge on any atom is -0.333 e. The van der Waals surface area contributed by atoms with Crippen LogP contribution in [-0.2, 0) is 19.5 Å². The lowest BCUT2D eigenvalue weighted by Crippen LogP contribution is -2.34. The van der Waals surface area contributed by atoms with Crippen LogP contribution in [0.15, 0.2) is 60.8 Å². The molecule has 1 aliphatic heterocycles. The first-order valence-corrected chi connectivity index (χ1v) is 11.8. The van der Waals surface area contributed by atoms with E-state index in [9.17, 15) is 18.0 Å². The van der Waals surface area contributed by atoms with Crippen LogP contribution in [0.2, 0.25) is 5.02 Å². The highest BCUT2D eigenvalue weighted by Crippen LogP contribution is 2.32. The number of nitrogens with one attached hydrogen (secondary N) is 1. The number of carbonyl (C=O) groups is 1. The quantitative estimate of drug-likeness (QED) is 0.338. The Morgan fingerprint density at radius 1 is 1.11 bits per heavy atom. The maximum Gasteiger partial charge on any atom is 0.326 e. The third-order valence-electron chi connectivity index (χ3n) is 6.25. The Bertz CT molecular complexity index is 1480. The molecule has 0 unspecified atom stereocenters. The van der Waals surface area contributed by atoms with Crippen molar-refractivity contribution < 1.29 is 18.0 Å². The summed E-state index contributed by atoms with van der Waals surface area (Å²) in [5.74, 6) is -1.82. The third-order valence-corrected chi connectivity index (χ3v) is 6.49. The molecule has 0 saturated carbocycles.